The first-order chi connectivity index (χ1) is 8.28. The average molecular weight is 229 g/mol. The van der Waals surface area contributed by atoms with Gasteiger partial charge in [0.25, 0.3) is 0 Å². The van der Waals surface area contributed by atoms with Crippen LogP contribution < -0.4 is 0 Å². The highest BCUT2D eigenvalue weighted by atomic mass is 16.1. The molecule has 0 aliphatic rings. The first-order valence-corrected chi connectivity index (χ1v) is 5.70. The molecule has 0 aromatic carbocycles. The third kappa shape index (κ3) is 3.24. The summed E-state index contributed by atoms with van der Waals surface area (Å²) in [5, 5.41) is 4.15. The van der Waals surface area contributed by atoms with E-state index in [-0.39, 0.29) is 5.78 Å². The van der Waals surface area contributed by atoms with Gasteiger partial charge in [0.15, 0.2) is 0 Å². The standard InChI is InChI=1S/C13H15N3O/c1-2-16-10-12(9-15-16)7-13(17)6-11-4-3-5-14-8-11/h3-5,8-10H,2,6-7H2,1H3. The van der Waals surface area contributed by atoms with Gasteiger partial charge in [0, 0.05) is 38.0 Å². The van der Waals surface area contributed by atoms with Crippen molar-refractivity contribution in [3.8, 4) is 0 Å². The Morgan fingerprint density at radius 3 is 2.76 bits per heavy atom. The highest BCUT2D eigenvalue weighted by molar-refractivity contribution is 5.82. The molecule has 0 bridgehead atoms. The molecule has 0 atom stereocenters. The van der Waals surface area contributed by atoms with Crippen molar-refractivity contribution < 1.29 is 4.79 Å². The number of carbonyl (C=O) groups excluding carboxylic acids is 1. The number of aromatic nitrogens is 3. The lowest BCUT2D eigenvalue weighted by molar-refractivity contribution is -0.117. The molecule has 2 heterocycles. The van der Waals surface area contributed by atoms with Crippen molar-refractivity contribution in [1.29, 1.82) is 0 Å². The van der Waals surface area contributed by atoms with Gasteiger partial charge in [0.05, 0.1) is 6.20 Å². The second kappa shape index (κ2) is 5.39. The maximum absolute atomic E-state index is 11.8. The summed E-state index contributed by atoms with van der Waals surface area (Å²) in [4.78, 5) is 15.8. The van der Waals surface area contributed by atoms with E-state index in [1.54, 1.807) is 18.6 Å². The molecule has 0 spiro atoms. The number of pyridine rings is 1. The number of nitrogens with zero attached hydrogens (tertiary/aromatic N) is 3. The summed E-state index contributed by atoms with van der Waals surface area (Å²) in [6.45, 7) is 2.85. The lowest BCUT2D eigenvalue weighted by atomic mass is 10.1. The van der Waals surface area contributed by atoms with Gasteiger partial charge in [-0.15, -0.1) is 0 Å². The zero-order chi connectivity index (χ0) is 12.1. The van der Waals surface area contributed by atoms with Gasteiger partial charge in [-0.05, 0) is 24.1 Å². The molecule has 0 N–H and O–H groups in total. The van der Waals surface area contributed by atoms with E-state index in [0.717, 1.165) is 17.7 Å². The Morgan fingerprint density at radius 1 is 1.29 bits per heavy atom. The van der Waals surface area contributed by atoms with Gasteiger partial charge in [-0.25, -0.2) is 0 Å². The molecule has 0 saturated carbocycles. The van der Waals surface area contributed by atoms with E-state index in [4.69, 9.17) is 0 Å². The molecule has 4 nitrogen and oxygen atoms in total. The summed E-state index contributed by atoms with van der Waals surface area (Å²) in [7, 11) is 0. The second-order valence-corrected chi connectivity index (χ2v) is 3.96. The van der Waals surface area contributed by atoms with E-state index >= 15 is 0 Å². The van der Waals surface area contributed by atoms with Crippen LogP contribution in [0.5, 0.6) is 0 Å². The molecule has 0 aliphatic heterocycles. The van der Waals surface area contributed by atoms with Gasteiger partial charge < -0.3 is 0 Å². The third-order valence-corrected chi connectivity index (χ3v) is 2.54. The molecule has 0 radical (unpaired) electrons. The van der Waals surface area contributed by atoms with E-state index < -0.39 is 0 Å². The normalized spacial score (nSPS) is 10.4. The van der Waals surface area contributed by atoms with Crippen LogP contribution in [-0.2, 0) is 24.2 Å². The topological polar surface area (TPSA) is 47.8 Å². The summed E-state index contributed by atoms with van der Waals surface area (Å²) in [6, 6.07) is 3.76. The van der Waals surface area contributed by atoms with Gasteiger partial charge in [0.2, 0.25) is 0 Å². The first kappa shape index (κ1) is 11.5. The lowest BCUT2D eigenvalue weighted by Crippen LogP contribution is -2.06. The van der Waals surface area contributed by atoms with Crippen molar-refractivity contribution in [2.45, 2.75) is 26.3 Å². The van der Waals surface area contributed by atoms with E-state index in [1.807, 2.05) is 29.9 Å². The summed E-state index contributed by atoms with van der Waals surface area (Å²) in [6.07, 6.45) is 7.98. The van der Waals surface area contributed by atoms with Crippen LogP contribution in [0, 0.1) is 0 Å². The minimum absolute atomic E-state index is 0.189. The fourth-order valence-corrected chi connectivity index (χ4v) is 1.69. The fraction of sp³-hybridized carbons (Fsp3) is 0.308. The molecule has 0 unspecified atom stereocenters. The summed E-state index contributed by atoms with van der Waals surface area (Å²) in [5.41, 5.74) is 1.93. The Morgan fingerprint density at radius 2 is 2.12 bits per heavy atom. The maximum atomic E-state index is 11.8. The monoisotopic (exact) mass is 229 g/mol. The number of rotatable bonds is 5. The number of hydrogen-bond donors (Lipinski definition) is 0. The Bertz CT molecular complexity index is 490. The summed E-state index contributed by atoms with van der Waals surface area (Å²) < 4.78 is 1.83. The minimum Gasteiger partial charge on any atom is -0.299 e. The molecule has 2 rings (SSSR count). The van der Waals surface area contributed by atoms with E-state index in [0.29, 0.717) is 12.8 Å². The predicted molar refractivity (Wildman–Crippen MR) is 64.6 cm³/mol. The largest absolute Gasteiger partial charge is 0.299 e. The van der Waals surface area contributed by atoms with E-state index in [9.17, 15) is 4.79 Å². The lowest BCUT2D eigenvalue weighted by Gasteiger charge is -1.98. The molecule has 2 aromatic rings. The van der Waals surface area contributed by atoms with Gasteiger partial charge >= 0.3 is 0 Å². The molecule has 2 aromatic heterocycles. The Labute approximate surface area is 100 Å². The van der Waals surface area contributed by atoms with Crippen LogP contribution >= 0.6 is 0 Å². The molecule has 0 saturated heterocycles. The molecule has 0 fully saturated rings. The molecule has 17 heavy (non-hydrogen) atoms. The molecular weight excluding hydrogens is 214 g/mol. The molecule has 0 aliphatic carbocycles. The summed E-state index contributed by atoms with van der Waals surface area (Å²) in [5.74, 6) is 0.189. The highest BCUT2D eigenvalue weighted by Crippen LogP contribution is 2.04. The van der Waals surface area contributed by atoms with Crippen molar-refractivity contribution in [1.82, 2.24) is 14.8 Å². The van der Waals surface area contributed by atoms with Crippen LogP contribution in [0.3, 0.4) is 0 Å². The maximum Gasteiger partial charge on any atom is 0.141 e. The Kier molecular flexibility index (Phi) is 3.65. The van der Waals surface area contributed by atoms with Crippen LogP contribution in [0.2, 0.25) is 0 Å². The van der Waals surface area contributed by atoms with Crippen LogP contribution in [0.15, 0.2) is 36.9 Å². The van der Waals surface area contributed by atoms with Gasteiger partial charge in [-0.1, -0.05) is 6.07 Å². The van der Waals surface area contributed by atoms with Crippen LogP contribution in [0.1, 0.15) is 18.1 Å². The van der Waals surface area contributed by atoms with E-state index in [2.05, 4.69) is 10.1 Å². The SMILES string of the molecule is CCn1cc(CC(=O)Cc2cccnc2)cn1. The molecule has 4 heteroatoms. The second-order valence-electron chi connectivity index (χ2n) is 3.96. The molecule has 88 valence electrons. The Hall–Kier alpha value is -1.97. The zero-order valence-corrected chi connectivity index (χ0v) is 9.84. The zero-order valence-electron chi connectivity index (χ0n) is 9.84. The third-order valence-electron chi connectivity index (χ3n) is 2.54. The van der Waals surface area contributed by atoms with Crippen molar-refractivity contribution >= 4 is 5.78 Å². The minimum atomic E-state index is 0.189. The Balaban J connectivity index is 1.93. The molecular formula is C13H15N3O. The number of Topliss-reactive ketones (excluding diaryl/α,β-unsaturated/α-hetero) is 1. The van der Waals surface area contributed by atoms with Gasteiger partial charge in [-0.3, -0.25) is 14.5 Å². The molecule has 0 amide bonds. The van der Waals surface area contributed by atoms with Crippen LogP contribution in [0.25, 0.3) is 0 Å². The fourth-order valence-electron chi connectivity index (χ4n) is 1.69. The highest BCUT2D eigenvalue weighted by Gasteiger charge is 2.06. The number of aryl methyl sites for hydroxylation is 1. The van der Waals surface area contributed by atoms with Crippen molar-refractivity contribution in [3.05, 3.63) is 48.0 Å². The van der Waals surface area contributed by atoms with Crippen molar-refractivity contribution in [3.63, 3.8) is 0 Å². The predicted octanol–water partition coefficient (Wildman–Crippen LogP) is 1.65. The number of ketones is 1. The van der Waals surface area contributed by atoms with E-state index in [1.165, 1.54) is 0 Å². The smallest absolute Gasteiger partial charge is 0.141 e. The van der Waals surface area contributed by atoms with Crippen LogP contribution in [-0.4, -0.2) is 20.5 Å². The average Bonchev–Trinajstić information content (AvgIpc) is 2.78. The van der Waals surface area contributed by atoms with Crippen molar-refractivity contribution in [2.24, 2.45) is 0 Å². The quantitative estimate of drug-likeness (QED) is 0.783. The number of carbonyl (C=O) groups is 1. The number of hydrogen-bond acceptors (Lipinski definition) is 3. The van der Waals surface area contributed by atoms with Gasteiger partial charge in [0.1, 0.15) is 5.78 Å². The van der Waals surface area contributed by atoms with Crippen LogP contribution in [0.4, 0.5) is 0 Å². The van der Waals surface area contributed by atoms with Gasteiger partial charge in [-0.2, -0.15) is 5.10 Å². The van der Waals surface area contributed by atoms with Crippen molar-refractivity contribution in [2.75, 3.05) is 0 Å². The first-order valence-electron chi connectivity index (χ1n) is 5.70. The summed E-state index contributed by atoms with van der Waals surface area (Å²) >= 11 is 0.